The molecule has 0 fully saturated rings. The molecule has 1 aliphatic carbocycles. The predicted molar refractivity (Wildman–Crippen MR) is 107 cm³/mol. The number of carbonyl (C=O) groups is 2. The average Bonchev–Trinajstić information content (AvgIpc) is 2.82. The van der Waals surface area contributed by atoms with Crippen LogP contribution in [0, 0.1) is 11.3 Å². The molecule has 0 radical (unpaired) electrons. The summed E-state index contributed by atoms with van der Waals surface area (Å²) in [6.45, 7) is 8.69. The SMILES string of the molecule is CCCC(=O)NC(=S)Nc1sc2c(c1C(N)=O)CC[C@H](C(C)(C)C)C2. The van der Waals surface area contributed by atoms with Gasteiger partial charge in [-0.05, 0) is 54.8 Å². The first-order chi connectivity index (χ1) is 11.6. The van der Waals surface area contributed by atoms with Crippen molar-refractivity contribution < 1.29 is 9.59 Å². The second kappa shape index (κ2) is 7.83. The zero-order valence-electron chi connectivity index (χ0n) is 15.3. The Morgan fingerprint density at radius 3 is 2.60 bits per heavy atom. The number of hydrogen-bond donors (Lipinski definition) is 3. The summed E-state index contributed by atoms with van der Waals surface area (Å²) >= 11 is 6.74. The second-order valence-electron chi connectivity index (χ2n) is 7.63. The monoisotopic (exact) mass is 381 g/mol. The van der Waals surface area contributed by atoms with Crippen LogP contribution in [-0.2, 0) is 17.6 Å². The van der Waals surface area contributed by atoms with Crippen LogP contribution in [0.15, 0.2) is 0 Å². The smallest absolute Gasteiger partial charge is 0.251 e. The van der Waals surface area contributed by atoms with E-state index in [2.05, 4.69) is 31.4 Å². The van der Waals surface area contributed by atoms with Gasteiger partial charge in [-0.2, -0.15) is 0 Å². The summed E-state index contributed by atoms with van der Waals surface area (Å²) in [5.74, 6) is -0.00457. The fourth-order valence-electron chi connectivity index (χ4n) is 3.22. The lowest BCUT2D eigenvalue weighted by Crippen LogP contribution is -2.34. The number of primary amides is 1. The molecule has 1 heterocycles. The third kappa shape index (κ3) is 4.79. The maximum atomic E-state index is 12.0. The van der Waals surface area contributed by atoms with Gasteiger partial charge in [-0.1, -0.05) is 27.7 Å². The van der Waals surface area contributed by atoms with Crippen LogP contribution in [0.2, 0.25) is 0 Å². The fourth-order valence-corrected chi connectivity index (χ4v) is 4.84. The van der Waals surface area contributed by atoms with Crippen LogP contribution >= 0.6 is 23.6 Å². The fraction of sp³-hybridized carbons (Fsp3) is 0.611. The minimum Gasteiger partial charge on any atom is -0.365 e. The topological polar surface area (TPSA) is 84.2 Å². The number of anilines is 1. The molecule has 2 rings (SSSR count). The Labute approximate surface area is 158 Å². The van der Waals surface area contributed by atoms with Gasteiger partial charge in [0.05, 0.1) is 5.56 Å². The quantitative estimate of drug-likeness (QED) is 0.696. The molecule has 25 heavy (non-hydrogen) atoms. The van der Waals surface area contributed by atoms with E-state index in [1.165, 1.54) is 16.2 Å². The molecule has 0 saturated carbocycles. The highest BCUT2D eigenvalue weighted by atomic mass is 32.1. The standard InChI is InChI=1S/C18H27N3O2S2/c1-5-6-13(22)20-17(24)21-16-14(15(19)23)11-8-7-10(18(2,3)4)9-12(11)25-16/h10H,5-9H2,1-4H3,(H2,19,23)(H2,20,21,22,24)/t10-/m0/s1. The van der Waals surface area contributed by atoms with Crippen molar-refractivity contribution in [2.45, 2.75) is 59.8 Å². The summed E-state index contributed by atoms with van der Waals surface area (Å²) < 4.78 is 0. The third-order valence-corrected chi connectivity index (χ3v) is 6.07. The molecule has 5 nitrogen and oxygen atoms in total. The molecule has 1 aromatic rings. The van der Waals surface area contributed by atoms with Crippen molar-refractivity contribution in [3.8, 4) is 0 Å². The van der Waals surface area contributed by atoms with E-state index in [-0.39, 0.29) is 16.4 Å². The maximum Gasteiger partial charge on any atom is 0.251 e. The third-order valence-electron chi connectivity index (χ3n) is 4.69. The van der Waals surface area contributed by atoms with Crippen LogP contribution in [0.1, 0.15) is 67.8 Å². The van der Waals surface area contributed by atoms with E-state index >= 15 is 0 Å². The largest absolute Gasteiger partial charge is 0.365 e. The van der Waals surface area contributed by atoms with Gasteiger partial charge in [0.2, 0.25) is 5.91 Å². The Hall–Kier alpha value is -1.47. The van der Waals surface area contributed by atoms with Crippen LogP contribution < -0.4 is 16.4 Å². The molecule has 0 aliphatic heterocycles. The summed E-state index contributed by atoms with van der Waals surface area (Å²) in [5.41, 5.74) is 7.42. The van der Waals surface area contributed by atoms with Gasteiger partial charge in [-0.3, -0.25) is 9.59 Å². The molecule has 1 aliphatic rings. The molecule has 0 unspecified atom stereocenters. The van der Waals surface area contributed by atoms with Gasteiger partial charge in [-0.15, -0.1) is 11.3 Å². The molecule has 0 bridgehead atoms. The number of thiophene rings is 1. The number of fused-ring (bicyclic) bond motifs is 1. The summed E-state index contributed by atoms with van der Waals surface area (Å²) in [4.78, 5) is 24.9. The van der Waals surface area contributed by atoms with Gasteiger partial charge in [0.1, 0.15) is 5.00 Å². The van der Waals surface area contributed by atoms with Gasteiger partial charge in [0, 0.05) is 11.3 Å². The van der Waals surface area contributed by atoms with Crippen LogP contribution in [-0.4, -0.2) is 16.9 Å². The van der Waals surface area contributed by atoms with Crippen LogP contribution in [0.3, 0.4) is 0 Å². The molecule has 0 saturated heterocycles. The Morgan fingerprint density at radius 1 is 1.36 bits per heavy atom. The van der Waals surface area contributed by atoms with E-state index < -0.39 is 5.91 Å². The number of nitrogens with one attached hydrogen (secondary N) is 2. The Morgan fingerprint density at radius 2 is 2.04 bits per heavy atom. The highest BCUT2D eigenvalue weighted by Crippen LogP contribution is 2.44. The van der Waals surface area contributed by atoms with Crippen molar-refractivity contribution in [1.82, 2.24) is 5.32 Å². The average molecular weight is 382 g/mol. The number of hydrogen-bond acceptors (Lipinski definition) is 4. The van der Waals surface area contributed by atoms with E-state index in [9.17, 15) is 9.59 Å². The lowest BCUT2D eigenvalue weighted by Gasteiger charge is -2.33. The van der Waals surface area contributed by atoms with Crippen LogP contribution in [0.25, 0.3) is 0 Å². The molecule has 1 atom stereocenters. The highest BCUT2D eigenvalue weighted by Gasteiger charge is 2.33. The van der Waals surface area contributed by atoms with Gasteiger partial charge in [0.15, 0.2) is 5.11 Å². The Bertz CT molecular complexity index is 689. The van der Waals surface area contributed by atoms with Crippen LogP contribution in [0.5, 0.6) is 0 Å². The first kappa shape index (κ1) is 19.8. The van der Waals surface area contributed by atoms with E-state index in [1.54, 1.807) is 0 Å². The van der Waals surface area contributed by atoms with Crippen molar-refractivity contribution in [3.63, 3.8) is 0 Å². The van der Waals surface area contributed by atoms with E-state index in [4.69, 9.17) is 18.0 Å². The number of amides is 2. The number of carbonyl (C=O) groups excluding carboxylic acids is 2. The molecular weight excluding hydrogens is 354 g/mol. The second-order valence-corrected chi connectivity index (χ2v) is 9.14. The molecule has 2 amide bonds. The summed E-state index contributed by atoms with van der Waals surface area (Å²) in [6, 6.07) is 0. The molecule has 1 aromatic heterocycles. The summed E-state index contributed by atoms with van der Waals surface area (Å²) in [7, 11) is 0. The minimum atomic E-state index is -0.447. The van der Waals surface area contributed by atoms with E-state index in [0.29, 0.717) is 22.9 Å². The zero-order valence-corrected chi connectivity index (χ0v) is 17.0. The molecule has 4 N–H and O–H groups in total. The van der Waals surface area contributed by atoms with Gasteiger partial charge >= 0.3 is 0 Å². The molecular formula is C18H27N3O2S2. The minimum absolute atomic E-state index is 0.130. The van der Waals surface area contributed by atoms with Crippen molar-refractivity contribution in [2.75, 3.05) is 5.32 Å². The van der Waals surface area contributed by atoms with Crippen LogP contribution in [0.4, 0.5) is 5.00 Å². The van der Waals surface area contributed by atoms with E-state index in [1.807, 2.05) is 6.92 Å². The van der Waals surface area contributed by atoms with Crippen molar-refractivity contribution >= 4 is 45.5 Å². The predicted octanol–water partition coefficient (Wildman–Crippen LogP) is 3.61. The van der Waals surface area contributed by atoms with Crippen molar-refractivity contribution in [1.29, 1.82) is 0 Å². The van der Waals surface area contributed by atoms with Crippen molar-refractivity contribution in [2.24, 2.45) is 17.1 Å². The molecule has 0 spiro atoms. The number of rotatable bonds is 4. The van der Waals surface area contributed by atoms with E-state index in [0.717, 1.165) is 31.2 Å². The highest BCUT2D eigenvalue weighted by molar-refractivity contribution is 7.80. The Kier molecular flexibility index (Phi) is 6.21. The normalized spacial score (nSPS) is 16.9. The van der Waals surface area contributed by atoms with Crippen molar-refractivity contribution in [3.05, 3.63) is 16.0 Å². The first-order valence-electron chi connectivity index (χ1n) is 8.68. The zero-order chi connectivity index (χ0) is 18.8. The van der Waals surface area contributed by atoms with Gasteiger partial charge in [-0.25, -0.2) is 0 Å². The first-order valence-corrected chi connectivity index (χ1v) is 9.91. The Balaban J connectivity index is 2.22. The number of thiocarbonyl (C=S) groups is 1. The van der Waals surface area contributed by atoms with Gasteiger partial charge < -0.3 is 16.4 Å². The summed E-state index contributed by atoms with van der Waals surface area (Å²) in [5, 5.41) is 6.52. The molecule has 7 heteroatoms. The lowest BCUT2D eigenvalue weighted by atomic mass is 9.72. The maximum absolute atomic E-state index is 12.0. The molecule has 0 aromatic carbocycles. The molecule has 138 valence electrons. The summed E-state index contributed by atoms with van der Waals surface area (Å²) in [6.07, 6.45) is 4.01. The lowest BCUT2D eigenvalue weighted by molar-refractivity contribution is -0.119. The van der Waals surface area contributed by atoms with Gasteiger partial charge in [0.25, 0.3) is 5.91 Å². The number of nitrogens with two attached hydrogens (primary N) is 1.